The Kier molecular flexibility index (Phi) is 10.3. The van der Waals surface area contributed by atoms with Crippen LogP contribution in [0.4, 0.5) is 0 Å². The smallest absolute Gasteiger partial charge is 0.274 e. The molecule has 0 unspecified atom stereocenters. The molecule has 0 heterocycles. The normalized spacial score (nSPS) is 13.2. The highest BCUT2D eigenvalue weighted by atomic mass is 28.4. The van der Waals surface area contributed by atoms with Crippen LogP contribution in [-0.4, -0.2) is 40.7 Å². The van der Waals surface area contributed by atoms with Crippen LogP contribution in [0.5, 0.6) is 0 Å². The lowest BCUT2D eigenvalue weighted by Gasteiger charge is -2.50. The van der Waals surface area contributed by atoms with Gasteiger partial charge in [-0.3, -0.25) is 0 Å². The van der Waals surface area contributed by atoms with Crippen LogP contribution in [0.3, 0.4) is 0 Å². The quantitative estimate of drug-likeness (QED) is 0.535. The molecule has 0 spiro atoms. The van der Waals surface area contributed by atoms with Crippen LogP contribution < -0.4 is 9.96 Å². The van der Waals surface area contributed by atoms with E-state index in [4.69, 9.17) is 0 Å². The highest BCUT2D eigenvalue weighted by Crippen LogP contribution is 2.28. The van der Waals surface area contributed by atoms with E-state index in [2.05, 4.69) is 62.3 Å². The Bertz CT molecular complexity index is 229. The van der Waals surface area contributed by atoms with Crippen molar-refractivity contribution in [1.82, 2.24) is 14.2 Å². The number of nitrogens with zero attached hydrogens (tertiary/aromatic N) is 1. The topological polar surface area (TPSA) is 27.3 Å². The van der Waals surface area contributed by atoms with Crippen LogP contribution >= 0.6 is 0 Å². The Morgan fingerprint density at radius 2 is 1.15 bits per heavy atom. The monoisotopic (exact) mass is 317 g/mol. The van der Waals surface area contributed by atoms with Gasteiger partial charge >= 0.3 is 0 Å². The molecule has 0 saturated carbocycles. The predicted octanol–water partition coefficient (Wildman–Crippen LogP) is 3.88. The molecular formula is C15H39N3Si2. The van der Waals surface area contributed by atoms with Crippen LogP contribution in [-0.2, 0) is 0 Å². The molecule has 0 radical (unpaired) electrons. The Hall–Kier alpha value is 0.314. The lowest BCUT2D eigenvalue weighted by Crippen LogP contribution is -2.78. The highest BCUT2D eigenvalue weighted by Gasteiger charge is 2.45. The Morgan fingerprint density at radius 1 is 0.750 bits per heavy atom. The minimum Gasteiger partial charge on any atom is -0.321 e. The van der Waals surface area contributed by atoms with Crippen molar-refractivity contribution < 1.29 is 0 Å². The Balaban J connectivity index is 5.32. The van der Waals surface area contributed by atoms with Gasteiger partial charge in [0.1, 0.15) is 8.24 Å². The van der Waals surface area contributed by atoms with E-state index in [9.17, 15) is 0 Å². The fourth-order valence-corrected chi connectivity index (χ4v) is 15.1. The second-order valence-electron chi connectivity index (χ2n) is 5.96. The molecule has 0 rings (SSSR count). The molecule has 2 N–H and O–H groups in total. The van der Waals surface area contributed by atoms with Crippen LogP contribution in [0.1, 0.15) is 54.4 Å². The minimum absolute atomic E-state index is 1.14. The van der Waals surface area contributed by atoms with Gasteiger partial charge < -0.3 is 14.2 Å². The van der Waals surface area contributed by atoms with E-state index in [-0.39, 0.29) is 0 Å². The third-order valence-electron chi connectivity index (χ3n) is 4.84. The van der Waals surface area contributed by atoms with Gasteiger partial charge in [0.2, 0.25) is 0 Å². The van der Waals surface area contributed by atoms with E-state index in [1.54, 1.807) is 0 Å². The summed E-state index contributed by atoms with van der Waals surface area (Å²) in [5.41, 5.74) is 0. The van der Waals surface area contributed by atoms with Gasteiger partial charge in [0.15, 0.2) is 0 Å². The lowest BCUT2D eigenvalue weighted by molar-refractivity contribution is 0.561. The van der Waals surface area contributed by atoms with Crippen molar-refractivity contribution in [3.8, 4) is 0 Å². The summed E-state index contributed by atoms with van der Waals surface area (Å²) in [6, 6.07) is 4.12. The average molecular weight is 318 g/mol. The van der Waals surface area contributed by atoms with Crippen LogP contribution in [0.15, 0.2) is 0 Å². The van der Waals surface area contributed by atoms with Gasteiger partial charge in [0.05, 0.1) is 0 Å². The van der Waals surface area contributed by atoms with Gasteiger partial charge in [-0.2, -0.15) is 0 Å². The minimum atomic E-state index is -1.72. The first-order chi connectivity index (χ1) is 9.50. The maximum absolute atomic E-state index is 3.93. The molecule has 0 aliphatic carbocycles. The van der Waals surface area contributed by atoms with E-state index in [0.29, 0.717) is 0 Å². The third kappa shape index (κ3) is 4.95. The summed E-state index contributed by atoms with van der Waals surface area (Å²) >= 11 is 0. The molecule has 20 heavy (non-hydrogen) atoms. The molecule has 0 aliphatic rings. The van der Waals surface area contributed by atoms with Crippen LogP contribution in [0.2, 0.25) is 24.7 Å². The van der Waals surface area contributed by atoms with E-state index in [1.807, 2.05) is 0 Å². The van der Waals surface area contributed by atoms with Gasteiger partial charge in [-0.15, -0.1) is 0 Å². The molecule has 3 nitrogen and oxygen atoms in total. The summed E-state index contributed by atoms with van der Waals surface area (Å²) in [5, 5.41) is 0. The molecule has 0 aromatic rings. The fraction of sp³-hybridized carbons (Fsp3) is 1.00. The van der Waals surface area contributed by atoms with Gasteiger partial charge in [-0.05, 0) is 57.2 Å². The highest BCUT2D eigenvalue weighted by molar-refractivity contribution is 6.90. The van der Waals surface area contributed by atoms with Gasteiger partial charge in [0.25, 0.3) is 8.56 Å². The van der Waals surface area contributed by atoms with Crippen molar-refractivity contribution in [3.05, 3.63) is 0 Å². The van der Waals surface area contributed by atoms with Crippen molar-refractivity contribution in [1.29, 1.82) is 0 Å². The Morgan fingerprint density at radius 3 is 1.40 bits per heavy atom. The zero-order valence-corrected chi connectivity index (χ0v) is 17.1. The maximum Gasteiger partial charge on any atom is 0.274 e. The van der Waals surface area contributed by atoms with Crippen molar-refractivity contribution in [2.45, 2.75) is 79.1 Å². The summed E-state index contributed by atoms with van der Waals surface area (Å²) < 4.78 is 2.94. The van der Waals surface area contributed by atoms with Crippen molar-refractivity contribution in [2.75, 3.05) is 19.6 Å². The van der Waals surface area contributed by atoms with Gasteiger partial charge in [0, 0.05) is 0 Å². The number of hydrogen-bond donors (Lipinski definition) is 2. The fourth-order valence-electron chi connectivity index (χ4n) is 3.44. The zero-order valence-electron chi connectivity index (χ0n) is 15.1. The molecule has 0 aromatic heterocycles. The first-order valence-electron chi connectivity index (χ1n) is 8.77. The largest absolute Gasteiger partial charge is 0.321 e. The summed E-state index contributed by atoms with van der Waals surface area (Å²) in [5.74, 6) is 0. The standard InChI is InChI=1S/C15H39N3Si2/c1-8-14-16-19(7,17-15-9-2)18(10-3)20(11-4,12-5)13-6/h16-17H,8-15H2,1-7H3. The predicted molar refractivity (Wildman–Crippen MR) is 97.8 cm³/mol. The third-order valence-corrected chi connectivity index (χ3v) is 16.3. The van der Waals surface area contributed by atoms with Crippen LogP contribution in [0.25, 0.3) is 0 Å². The summed E-state index contributed by atoms with van der Waals surface area (Å²) in [7, 11) is -3.04. The molecule has 122 valence electrons. The number of rotatable bonds is 12. The summed E-state index contributed by atoms with van der Waals surface area (Å²) in [4.78, 5) is 7.86. The van der Waals surface area contributed by atoms with Crippen molar-refractivity contribution >= 4 is 16.8 Å². The average Bonchev–Trinajstić information content (AvgIpc) is 2.48. The van der Waals surface area contributed by atoms with Crippen molar-refractivity contribution in [3.63, 3.8) is 0 Å². The zero-order chi connectivity index (χ0) is 15.6. The van der Waals surface area contributed by atoms with Crippen LogP contribution in [0, 0.1) is 0 Å². The van der Waals surface area contributed by atoms with Crippen molar-refractivity contribution in [2.24, 2.45) is 0 Å². The molecule has 5 heteroatoms. The van der Waals surface area contributed by atoms with Gasteiger partial charge in [-0.25, -0.2) is 0 Å². The summed E-state index contributed by atoms with van der Waals surface area (Å²) in [6.07, 6.45) is 2.43. The van der Waals surface area contributed by atoms with E-state index >= 15 is 0 Å². The number of hydrogen-bond acceptors (Lipinski definition) is 3. The molecule has 0 aromatic carbocycles. The number of nitrogens with one attached hydrogen (secondary N) is 2. The molecule has 0 amide bonds. The maximum atomic E-state index is 3.93. The lowest BCUT2D eigenvalue weighted by atomic mass is 10.5. The van der Waals surface area contributed by atoms with E-state index < -0.39 is 16.8 Å². The second-order valence-corrected chi connectivity index (χ2v) is 14.9. The molecule has 0 saturated heterocycles. The molecular weight excluding hydrogens is 278 g/mol. The Labute approximate surface area is 130 Å². The first kappa shape index (κ1) is 20.3. The van der Waals surface area contributed by atoms with Gasteiger partial charge in [-0.1, -0.05) is 41.5 Å². The van der Waals surface area contributed by atoms with E-state index in [0.717, 1.165) is 13.1 Å². The van der Waals surface area contributed by atoms with E-state index in [1.165, 1.54) is 37.5 Å². The molecule has 0 fully saturated rings. The first-order valence-corrected chi connectivity index (χ1v) is 13.8. The summed E-state index contributed by atoms with van der Waals surface area (Å²) in [6.45, 7) is 20.1. The second kappa shape index (κ2) is 10.1. The molecule has 0 bridgehead atoms. The molecule has 0 atom stereocenters. The SMILES string of the molecule is CCCN[Si](C)(NCCC)N(CC)[Si](CC)(CC)CC. The molecule has 0 aliphatic heterocycles.